The number of nitrogens with zero attached hydrogens (tertiary/aromatic N) is 5. The molecule has 10 aromatic heterocycles. The molecule has 0 aliphatic rings. The van der Waals surface area contributed by atoms with E-state index in [1.54, 1.807) is 118 Å². The van der Waals surface area contributed by atoms with Crippen LogP contribution in [-0.2, 0) is 64.1 Å². The van der Waals surface area contributed by atoms with E-state index >= 15 is 0 Å². The van der Waals surface area contributed by atoms with Crippen LogP contribution >= 0.6 is 129 Å². The van der Waals surface area contributed by atoms with Gasteiger partial charge in [0.15, 0.2) is 25.1 Å². The minimum absolute atomic E-state index is 0.00519. The number of fused-ring (bicyclic) bond motifs is 5. The number of aryl methyl sites for hydroxylation is 5. The molecular formula is C74H83Br3ClF2N5O11P2S6. The summed E-state index contributed by atoms with van der Waals surface area (Å²) in [6.45, 7) is 28.6. The second-order valence-electron chi connectivity index (χ2n) is 24.0. The van der Waals surface area contributed by atoms with Crippen molar-refractivity contribution in [1.29, 1.82) is 0 Å². The molecule has 2 aromatic carbocycles. The van der Waals surface area contributed by atoms with Gasteiger partial charge in [0.25, 0.3) is 0 Å². The smallest absolute Gasteiger partial charge is 0.348 e. The molecule has 1 atom stereocenters. The third-order valence-electron chi connectivity index (χ3n) is 14.8. The number of carbonyl (C=O) groups is 2. The number of aliphatic hydroxyl groups excluding tert-OH is 1. The van der Waals surface area contributed by atoms with Crippen LogP contribution in [0.4, 0.5) is 8.78 Å². The number of ketones is 1. The first-order chi connectivity index (χ1) is 49.2. The fourth-order valence-corrected chi connectivity index (χ4v) is 22.2. The van der Waals surface area contributed by atoms with Gasteiger partial charge in [-0.1, -0.05) is 76.1 Å². The molecule has 1 unspecified atom stereocenters. The van der Waals surface area contributed by atoms with Crippen LogP contribution in [0, 0.1) is 46.3 Å². The Kier molecular flexibility index (Phi) is 35.7. The summed E-state index contributed by atoms with van der Waals surface area (Å²) in [4.78, 5) is 53.6. The molecule has 558 valence electrons. The fraction of sp³-hybridized carbons (Fsp3) is 0.338. The normalized spacial score (nSPS) is 11.7. The quantitative estimate of drug-likeness (QED) is 0.0262. The molecule has 1 N–H and O–H groups in total. The highest BCUT2D eigenvalue weighted by Gasteiger charge is 2.42. The summed E-state index contributed by atoms with van der Waals surface area (Å²) < 4.78 is 91.8. The number of aliphatic hydroxyl groups is 1. The van der Waals surface area contributed by atoms with Gasteiger partial charge in [-0.2, -0.15) is 0 Å². The first kappa shape index (κ1) is 88.0. The molecule has 0 bridgehead atoms. The van der Waals surface area contributed by atoms with E-state index in [2.05, 4.69) is 83.5 Å². The zero-order valence-corrected chi connectivity index (χ0v) is 72.2. The minimum atomic E-state index is -3.67. The predicted molar refractivity (Wildman–Crippen MR) is 440 cm³/mol. The molecule has 30 heteroatoms. The first-order valence-electron chi connectivity index (χ1n) is 32.6. The lowest BCUT2D eigenvalue weighted by atomic mass is 10.1. The van der Waals surface area contributed by atoms with E-state index in [0.717, 1.165) is 100 Å². The number of carbonyl (C=O) groups excluding carboxylic acids is 2. The van der Waals surface area contributed by atoms with Gasteiger partial charge in [0.05, 0.1) is 48.8 Å². The van der Waals surface area contributed by atoms with Crippen molar-refractivity contribution in [2.45, 2.75) is 158 Å². The summed E-state index contributed by atoms with van der Waals surface area (Å²) in [6, 6.07) is 30.4. The SMILES string of the molecule is CC(=O)c1ccccc1Cl.CCOC(=O)c1sc2ncccc2c1C.Cc1c(C(Cc2ccc(F)c(F)c2)P(=O)(OC(C)C)OC(C)C)sc2ncccc12.Cc1c(CBr)sc2ncccc12.Cc1c(CO)sc2ncccc12.Cc1c(CP(=O)(OC(C)C)OC(C)C)sc2ncccc12.O=S(Br)Br. The molecule has 104 heavy (non-hydrogen) atoms. The van der Waals surface area contributed by atoms with Gasteiger partial charge >= 0.3 is 21.2 Å². The van der Waals surface area contributed by atoms with Crippen molar-refractivity contribution in [1.82, 2.24) is 24.9 Å². The number of rotatable bonds is 19. The number of ether oxygens (including phenoxy) is 1. The molecule has 0 aliphatic carbocycles. The molecule has 0 aliphatic heterocycles. The Balaban J connectivity index is 0.000000202. The van der Waals surface area contributed by atoms with Crippen molar-refractivity contribution in [3.63, 3.8) is 0 Å². The average Bonchev–Trinajstić information content (AvgIpc) is 1.60. The molecule has 12 rings (SSSR count). The number of hydrogen-bond donors (Lipinski definition) is 1. The average molecular weight is 1790 g/mol. The van der Waals surface area contributed by atoms with Crippen molar-refractivity contribution in [2.24, 2.45) is 0 Å². The summed E-state index contributed by atoms with van der Waals surface area (Å²) in [5.41, 5.74) is 5.96. The van der Waals surface area contributed by atoms with Crippen molar-refractivity contribution in [2.75, 3.05) is 6.61 Å². The largest absolute Gasteiger partial charge is 0.462 e. The third-order valence-corrected chi connectivity index (χ3v) is 27.4. The Morgan fingerprint density at radius 1 is 0.558 bits per heavy atom. The standard InChI is InChI=1S/C22H26F2NO3PS.C15H22NO3PS.C11H11NO2S.C9H8BrNS.C9H9NOS.C8H7ClO.Br2OS/c1-13(2)27-29(26,28-14(3)4)20(12-16-8-9-18(23)19(24)11-16)21-15(5)17-7-6-10-25-22(17)30-21;1-10(2)18-20(17,19-11(3)4)9-14-12(5)13-7-6-8-16-15(13)21-14;1-3-14-11(13)9-7(2)8-5-4-6-12-10(8)15-9;1-6-7-3-2-4-11-9(7)12-8(6)5-10;1-6-7-3-2-4-10-9(7)12-8(6)5-11;1-6(10)7-4-2-3-5-8(7)9;1-4(2)3/h6-11,13-14,20H,12H2,1-5H3;6-8,10-11H,9H2,1-5H3;4-6H,3H2,1-2H3;2-4H,5H2,1H3;2-4,11H,5H2,1H3;2-5H,1H3;. The van der Waals surface area contributed by atoms with Gasteiger partial charge in [-0.15, -0.1) is 56.7 Å². The van der Waals surface area contributed by atoms with Gasteiger partial charge in [0.1, 0.15) is 34.7 Å². The highest BCUT2D eigenvalue weighted by Crippen LogP contribution is 2.65. The Labute approximate surface area is 657 Å². The van der Waals surface area contributed by atoms with Crippen LogP contribution < -0.4 is 0 Å². The van der Waals surface area contributed by atoms with E-state index in [4.69, 9.17) is 39.5 Å². The van der Waals surface area contributed by atoms with E-state index in [1.807, 2.05) is 116 Å². The van der Waals surface area contributed by atoms with E-state index in [0.29, 0.717) is 33.8 Å². The molecule has 0 saturated heterocycles. The molecule has 10 heterocycles. The second kappa shape index (κ2) is 42.2. The van der Waals surface area contributed by atoms with Crippen LogP contribution in [0.1, 0.15) is 148 Å². The van der Waals surface area contributed by atoms with Crippen molar-refractivity contribution >= 4 is 200 Å². The molecular weight excluding hydrogens is 1700 g/mol. The first-order valence-corrected chi connectivity index (χ1v) is 46.4. The number of thiophene rings is 5. The van der Waals surface area contributed by atoms with Crippen LogP contribution in [0.2, 0.25) is 5.02 Å². The van der Waals surface area contributed by atoms with E-state index in [1.165, 1.54) is 51.5 Å². The molecule has 16 nitrogen and oxygen atoms in total. The molecule has 0 spiro atoms. The van der Waals surface area contributed by atoms with Crippen LogP contribution in [0.15, 0.2) is 134 Å². The second-order valence-corrected chi connectivity index (χ2v) is 40.8. The monoisotopic (exact) mass is 1780 g/mol. The van der Waals surface area contributed by atoms with Crippen molar-refractivity contribution in [3.8, 4) is 0 Å². The maximum atomic E-state index is 14.1. The number of alkyl halides is 1. The van der Waals surface area contributed by atoms with Crippen molar-refractivity contribution in [3.05, 3.63) is 214 Å². The van der Waals surface area contributed by atoms with Crippen LogP contribution in [-0.4, -0.2) is 77.0 Å². The van der Waals surface area contributed by atoms with Gasteiger partial charge in [-0.3, -0.25) is 13.9 Å². The van der Waals surface area contributed by atoms with E-state index in [-0.39, 0.29) is 49.2 Å². The zero-order valence-electron chi connectivity index (χ0n) is 60.0. The highest BCUT2D eigenvalue weighted by molar-refractivity contribution is 9.78. The predicted octanol–water partition coefficient (Wildman–Crippen LogP) is 24.6. The van der Waals surface area contributed by atoms with Gasteiger partial charge < -0.3 is 27.9 Å². The molecule has 0 amide bonds. The van der Waals surface area contributed by atoms with Gasteiger partial charge in [0.2, 0.25) is 0 Å². The third kappa shape index (κ3) is 25.4. The summed E-state index contributed by atoms with van der Waals surface area (Å²) in [7, 11) is -7.81. The molecule has 0 radical (unpaired) electrons. The lowest BCUT2D eigenvalue weighted by Crippen LogP contribution is -2.15. The zero-order chi connectivity index (χ0) is 76.8. The summed E-state index contributed by atoms with van der Waals surface area (Å²) in [5.74, 6) is -2.11. The topological polar surface area (TPSA) is 216 Å². The van der Waals surface area contributed by atoms with Gasteiger partial charge in [0, 0.05) is 118 Å². The number of benzene rings is 2. The molecule has 0 saturated carbocycles. The summed E-state index contributed by atoms with van der Waals surface area (Å²) in [5, 5.41) is 16.0. The number of pyridine rings is 5. The van der Waals surface area contributed by atoms with Gasteiger partial charge in [-0.05, 0) is 198 Å². The Morgan fingerprint density at radius 2 is 0.962 bits per heavy atom. The Bertz CT molecular complexity index is 4850. The number of esters is 1. The highest BCUT2D eigenvalue weighted by atomic mass is 79.9. The Morgan fingerprint density at radius 3 is 1.35 bits per heavy atom. The van der Waals surface area contributed by atoms with Crippen LogP contribution in [0.3, 0.4) is 0 Å². The number of hydrogen-bond acceptors (Lipinski definition) is 21. The summed E-state index contributed by atoms with van der Waals surface area (Å²) in [6.07, 6.45) is 8.37. The lowest BCUT2D eigenvalue weighted by Gasteiger charge is -2.30. The van der Waals surface area contributed by atoms with Crippen LogP contribution in [0.5, 0.6) is 0 Å². The number of Topliss-reactive ketones (excluding diaryl/α,β-unsaturated/α-hetero) is 1. The van der Waals surface area contributed by atoms with Crippen molar-refractivity contribution < 1.29 is 59.6 Å². The molecule has 0 fully saturated rings. The molecule has 12 aromatic rings. The maximum Gasteiger partial charge on any atom is 0.348 e. The number of aromatic nitrogens is 5. The van der Waals surface area contributed by atoms with E-state index in [9.17, 15) is 31.7 Å². The number of halogens is 6. The Hall–Kier alpha value is -4.87. The van der Waals surface area contributed by atoms with Gasteiger partial charge in [-0.25, -0.2) is 42.7 Å². The summed E-state index contributed by atoms with van der Waals surface area (Å²) >= 11 is 22.2. The maximum absolute atomic E-state index is 14.1. The lowest BCUT2D eigenvalue weighted by molar-refractivity contribution is 0.0531. The van der Waals surface area contributed by atoms with Crippen LogP contribution in [0.25, 0.3) is 51.1 Å². The fourth-order valence-electron chi connectivity index (χ4n) is 10.2. The van der Waals surface area contributed by atoms with E-state index < -0.39 is 40.2 Å². The minimum Gasteiger partial charge on any atom is -0.462 e.